The molecular formula is C14H20O. The zero-order valence-corrected chi connectivity index (χ0v) is 9.50. The summed E-state index contributed by atoms with van der Waals surface area (Å²) in [5, 5.41) is 9.28. The fourth-order valence-electron chi connectivity index (χ4n) is 2.48. The second-order valence-corrected chi connectivity index (χ2v) is 4.52. The molecule has 1 N–H and O–H groups in total. The lowest BCUT2D eigenvalue weighted by atomic mass is 9.87. The summed E-state index contributed by atoms with van der Waals surface area (Å²) in [6.07, 6.45) is 6.15. The van der Waals surface area contributed by atoms with Gasteiger partial charge in [-0.2, -0.15) is 0 Å². The van der Waals surface area contributed by atoms with E-state index < -0.39 is 0 Å². The Morgan fingerprint density at radius 2 is 1.93 bits per heavy atom. The normalized spacial score (nSPS) is 17.2. The van der Waals surface area contributed by atoms with Crippen LogP contribution < -0.4 is 0 Å². The minimum atomic E-state index is 0.273. The average molecular weight is 204 g/mol. The molecule has 0 heterocycles. The van der Waals surface area contributed by atoms with Crippen LogP contribution in [0.4, 0.5) is 0 Å². The number of benzene rings is 1. The highest BCUT2D eigenvalue weighted by Crippen LogP contribution is 2.26. The molecule has 1 atom stereocenters. The predicted octanol–water partition coefficient (Wildman–Crippen LogP) is 3.05. The molecular weight excluding hydrogens is 184 g/mol. The lowest BCUT2D eigenvalue weighted by Gasteiger charge is -2.19. The van der Waals surface area contributed by atoms with E-state index in [0.717, 1.165) is 6.42 Å². The monoisotopic (exact) mass is 204 g/mol. The van der Waals surface area contributed by atoms with Gasteiger partial charge in [-0.15, -0.1) is 0 Å². The summed E-state index contributed by atoms with van der Waals surface area (Å²) in [4.78, 5) is 0. The number of rotatable bonds is 3. The summed E-state index contributed by atoms with van der Waals surface area (Å²) in [6.45, 7) is 2.41. The Balaban J connectivity index is 2.27. The topological polar surface area (TPSA) is 20.2 Å². The molecule has 1 aromatic rings. The number of hydrogen-bond donors (Lipinski definition) is 1. The number of aliphatic hydroxyl groups excluding tert-OH is 1. The van der Waals surface area contributed by atoms with E-state index in [4.69, 9.17) is 0 Å². The standard InChI is InChI=1S/C14H20O/c1-2-11(10-15)14-8-7-12-5-3-4-6-13(12)9-14/h7-9,11,15H,2-6,10H2,1H3/t11-/m0/s1. The third kappa shape index (κ3) is 2.23. The highest BCUT2D eigenvalue weighted by molar-refractivity contribution is 5.35. The van der Waals surface area contributed by atoms with Crippen LogP contribution in [-0.4, -0.2) is 11.7 Å². The molecule has 0 radical (unpaired) electrons. The number of fused-ring (bicyclic) bond motifs is 1. The third-order valence-electron chi connectivity index (χ3n) is 3.56. The maximum absolute atomic E-state index is 9.28. The maximum atomic E-state index is 9.28. The van der Waals surface area contributed by atoms with Crippen molar-refractivity contribution < 1.29 is 5.11 Å². The van der Waals surface area contributed by atoms with Crippen LogP contribution in [0.1, 0.15) is 48.8 Å². The number of aliphatic hydroxyl groups is 1. The van der Waals surface area contributed by atoms with Crippen molar-refractivity contribution in [1.29, 1.82) is 0 Å². The Morgan fingerprint density at radius 1 is 1.20 bits per heavy atom. The highest BCUT2D eigenvalue weighted by Gasteiger charge is 2.13. The van der Waals surface area contributed by atoms with Gasteiger partial charge in [-0.3, -0.25) is 0 Å². The first kappa shape index (κ1) is 10.7. The molecule has 0 aliphatic heterocycles. The molecule has 82 valence electrons. The van der Waals surface area contributed by atoms with Crippen LogP contribution in [0.25, 0.3) is 0 Å². The van der Waals surface area contributed by atoms with Gasteiger partial charge in [-0.25, -0.2) is 0 Å². The molecule has 0 saturated carbocycles. The summed E-state index contributed by atoms with van der Waals surface area (Å²) in [5.41, 5.74) is 4.36. The Kier molecular flexibility index (Phi) is 3.42. The van der Waals surface area contributed by atoms with Gasteiger partial charge in [0.15, 0.2) is 0 Å². The first-order valence-corrected chi connectivity index (χ1v) is 6.07. The van der Waals surface area contributed by atoms with E-state index in [2.05, 4.69) is 25.1 Å². The second-order valence-electron chi connectivity index (χ2n) is 4.52. The van der Waals surface area contributed by atoms with E-state index in [1.807, 2.05) is 0 Å². The fraction of sp³-hybridized carbons (Fsp3) is 0.571. The van der Waals surface area contributed by atoms with Crippen molar-refractivity contribution in [2.75, 3.05) is 6.61 Å². The molecule has 2 rings (SSSR count). The van der Waals surface area contributed by atoms with Crippen LogP contribution in [0, 0.1) is 0 Å². The predicted molar refractivity (Wildman–Crippen MR) is 63.2 cm³/mol. The van der Waals surface area contributed by atoms with Gasteiger partial charge in [0, 0.05) is 12.5 Å². The van der Waals surface area contributed by atoms with Crippen molar-refractivity contribution in [2.45, 2.75) is 44.9 Å². The molecule has 1 aromatic carbocycles. The van der Waals surface area contributed by atoms with Crippen molar-refractivity contribution in [1.82, 2.24) is 0 Å². The molecule has 0 aromatic heterocycles. The summed E-state index contributed by atoms with van der Waals surface area (Å²) < 4.78 is 0. The Labute approximate surface area is 92.1 Å². The van der Waals surface area contributed by atoms with E-state index in [1.54, 1.807) is 0 Å². The van der Waals surface area contributed by atoms with Crippen molar-refractivity contribution in [2.24, 2.45) is 0 Å². The van der Waals surface area contributed by atoms with Crippen molar-refractivity contribution >= 4 is 0 Å². The van der Waals surface area contributed by atoms with Gasteiger partial charge in [-0.05, 0) is 48.8 Å². The van der Waals surface area contributed by atoms with E-state index in [9.17, 15) is 5.11 Å². The number of hydrogen-bond acceptors (Lipinski definition) is 1. The lowest BCUT2D eigenvalue weighted by molar-refractivity contribution is 0.262. The van der Waals surface area contributed by atoms with E-state index in [-0.39, 0.29) is 6.61 Å². The van der Waals surface area contributed by atoms with Crippen LogP contribution in [0.5, 0.6) is 0 Å². The number of aryl methyl sites for hydroxylation is 2. The van der Waals surface area contributed by atoms with E-state index in [1.165, 1.54) is 42.4 Å². The highest BCUT2D eigenvalue weighted by atomic mass is 16.3. The third-order valence-corrected chi connectivity index (χ3v) is 3.56. The van der Waals surface area contributed by atoms with Gasteiger partial charge >= 0.3 is 0 Å². The van der Waals surface area contributed by atoms with E-state index >= 15 is 0 Å². The quantitative estimate of drug-likeness (QED) is 0.802. The summed E-state index contributed by atoms with van der Waals surface area (Å²) in [5.74, 6) is 0.331. The molecule has 1 aliphatic carbocycles. The zero-order valence-electron chi connectivity index (χ0n) is 9.50. The van der Waals surface area contributed by atoms with Gasteiger partial charge in [0.2, 0.25) is 0 Å². The molecule has 0 fully saturated rings. The molecule has 0 saturated heterocycles. The van der Waals surface area contributed by atoms with Gasteiger partial charge in [0.05, 0.1) is 0 Å². The maximum Gasteiger partial charge on any atom is 0.0499 e. The Morgan fingerprint density at radius 3 is 2.60 bits per heavy atom. The summed E-state index contributed by atoms with van der Waals surface area (Å²) in [7, 11) is 0. The first-order chi connectivity index (χ1) is 7.35. The van der Waals surface area contributed by atoms with Crippen LogP contribution >= 0.6 is 0 Å². The van der Waals surface area contributed by atoms with Crippen LogP contribution in [0.2, 0.25) is 0 Å². The van der Waals surface area contributed by atoms with Crippen LogP contribution in [-0.2, 0) is 12.8 Å². The van der Waals surface area contributed by atoms with Crippen molar-refractivity contribution in [3.8, 4) is 0 Å². The first-order valence-electron chi connectivity index (χ1n) is 6.07. The molecule has 1 heteroatoms. The molecule has 0 bridgehead atoms. The van der Waals surface area contributed by atoms with Crippen LogP contribution in [0.15, 0.2) is 18.2 Å². The molecule has 0 spiro atoms. The fourth-order valence-corrected chi connectivity index (χ4v) is 2.48. The molecule has 1 nitrogen and oxygen atoms in total. The SMILES string of the molecule is CC[C@@H](CO)c1ccc2c(c1)CCCC2. The summed E-state index contributed by atoms with van der Waals surface area (Å²) >= 11 is 0. The smallest absolute Gasteiger partial charge is 0.0499 e. The zero-order chi connectivity index (χ0) is 10.7. The molecule has 0 amide bonds. The molecule has 15 heavy (non-hydrogen) atoms. The minimum absolute atomic E-state index is 0.273. The second kappa shape index (κ2) is 4.80. The van der Waals surface area contributed by atoms with Gasteiger partial charge < -0.3 is 5.11 Å². The average Bonchev–Trinajstić information content (AvgIpc) is 2.30. The van der Waals surface area contributed by atoms with Crippen molar-refractivity contribution in [3.05, 3.63) is 34.9 Å². The van der Waals surface area contributed by atoms with Gasteiger partial charge in [0.1, 0.15) is 0 Å². The lowest BCUT2D eigenvalue weighted by Crippen LogP contribution is -2.07. The van der Waals surface area contributed by atoms with Gasteiger partial charge in [0.25, 0.3) is 0 Å². The Hall–Kier alpha value is -0.820. The Bertz CT molecular complexity index is 326. The largest absolute Gasteiger partial charge is 0.396 e. The summed E-state index contributed by atoms with van der Waals surface area (Å²) in [6, 6.07) is 6.79. The van der Waals surface area contributed by atoms with Gasteiger partial charge in [-0.1, -0.05) is 25.1 Å². The minimum Gasteiger partial charge on any atom is -0.396 e. The molecule has 0 unspecified atom stereocenters. The van der Waals surface area contributed by atoms with Crippen molar-refractivity contribution in [3.63, 3.8) is 0 Å². The van der Waals surface area contributed by atoms with Crippen LogP contribution in [0.3, 0.4) is 0 Å². The molecule has 1 aliphatic rings. The van der Waals surface area contributed by atoms with E-state index in [0.29, 0.717) is 5.92 Å².